The molecular weight excluding hydrogens is 467 g/mol. The number of halogens is 1. The fraction of sp³-hybridized carbons (Fsp3) is 0.318. The highest BCUT2D eigenvalue weighted by atomic mass is 32.2. The molecule has 1 aliphatic rings. The van der Waals surface area contributed by atoms with E-state index in [1.807, 2.05) is 11.4 Å². The van der Waals surface area contributed by atoms with E-state index < -0.39 is 0 Å². The van der Waals surface area contributed by atoms with Gasteiger partial charge in [-0.2, -0.15) is 0 Å². The van der Waals surface area contributed by atoms with Crippen LogP contribution in [0.3, 0.4) is 0 Å². The average molecular weight is 489 g/mol. The molecule has 32 heavy (non-hydrogen) atoms. The second-order valence-electron chi connectivity index (χ2n) is 7.29. The van der Waals surface area contributed by atoms with Crippen molar-refractivity contribution in [3.63, 3.8) is 0 Å². The molecule has 0 saturated carbocycles. The Morgan fingerprint density at radius 2 is 2.09 bits per heavy atom. The third-order valence-electron chi connectivity index (χ3n) is 4.99. The molecule has 0 bridgehead atoms. The molecule has 4 aromatic rings. The van der Waals surface area contributed by atoms with Crippen LogP contribution >= 0.6 is 34.4 Å². The van der Waals surface area contributed by atoms with Crippen molar-refractivity contribution in [2.75, 3.05) is 6.61 Å². The predicted molar refractivity (Wildman–Crippen MR) is 125 cm³/mol. The molecule has 6 nitrogen and oxygen atoms in total. The van der Waals surface area contributed by atoms with Gasteiger partial charge in [0.2, 0.25) is 0 Å². The molecule has 1 unspecified atom stereocenters. The molecule has 1 atom stereocenters. The third kappa shape index (κ3) is 5.20. The normalized spacial score (nSPS) is 16.0. The number of hydrogen-bond acceptors (Lipinski definition) is 8. The Labute approximate surface area is 197 Å². The molecule has 0 spiro atoms. The van der Waals surface area contributed by atoms with Crippen LogP contribution in [0, 0.1) is 5.82 Å². The molecule has 1 saturated heterocycles. The van der Waals surface area contributed by atoms with Crippen LogP contribution in [0.2, 0.25) is 0 Å². The highest BCUT2D eigenvalue weighted by Crippen LogP contribution is 2.30. The molecular formula is C22H21FN4O2S3. The van der Waals surface area contributed by atoms with Crippen molar-refractivity contribution in [3.05, 3.63) is 63.7 Å². The maximum absolute atomic E-state index is 13.0. The van der Waals surface area contributed by atoms with E-state index >= 15 is 0 Å². The topological polar surface area (TPSA) is 62.1 Å². The largest absolute Gasteiger partial charge is 0.486 e. The lowest BCUT2D eigenvalue weighted by Gasteiger charge is -2.14. The monoisotopic (exact) mass is 488 g/mol. The smallest absolute Gasteiger partial charge is 0.191 e. The number of ether oxygens (including phenoxy) is 2. The summed E-state index contributed by atoms with van der Waals surface area (Å²) in [5, 5.41) is 14.8. The number of rotatable bonds is 9. The van der Waals surface area contributed by atoms with Crippen LogP contribution in [0.1, 0.15) is 23.5 Å². The number of benzene rings is 1. The Hall–Kier alpha value is -2.27. The van der Waals surface area contributed by atoms with Gasteiger partial charge in [-0.05, 0) is 48.6 Å². The van der Waals surface area contributed by atoms with Gasteiger partial charge in [-0.3, -0.25) is 4.57 Å². The van der Waals surface area contributed by atoms with Crippen molar-refractivity contribution in [2.24, 2.45) is 0 Å². The van der Waals surface area contributed by atoms with Crippen molar-refractivity contribution in [2.45, 2.75) is 43.0 Å². The Morgan fingerprint density at radius 3 is 2.88 bits per heavy atom. The lowest BCUT2D eigenvalue weighted by molar-refractivity contribution is 0.0953. The second kappa shape index (κ2) is 10.1. The summed E-state index contributed by atoms with van der Waals surface area (Å²) in [4.78, 5) is 5.77. The van der Waals surface area contributed by atoms with E-state index in [2.05, 4.69) is 31.2 Å². The first-order valence-electron chi connectivity index (χ1n) is 10.3. The van der Waals surface area contributed by atoms with E-state index in [9.17, 15) is 4.39 Å². The molecule has 5 rings (SSSR count). The van der Waals surface area contributed by atoms with Crippen LogP contribution in [0.15, 0.2) is 52.3 Å². The van der Waals surface area contributed by atoms with E-state index in [0.717, 1.165) is 52.6 Å². The molecule has 0 aliphatic carbocycles. The zero-order chi connectivity index (χ0) is 21.8. The standard InChI is InChI=1S/C22H21FN4O2S3/c23-15-5-7-17(8-6-15)29-12-20-24-16(13-31-20)14-32-22-26-25-21(19-4-2-10-30-19)27(22)11-18-3-1-9-28-18/h2,4-8,10,13,18H,1,3,9,11-12,14H2. The van der Waals surface area contributed by atoms with Crippen molar-refractivity contribution >= 4 is 34.4 Å². The first kappa shape index (κ1) is 21.6. The van der Waals surface area contributed by atoms with Gasteiger partial charge in [-0.25, -0.2) is 9.37 Å². The average Bonchev–Trinajstić information content (AvgIpc) is 3.60. The zero-order valence-corrected chi connectivity index (χ0v) is 19.6. The van der Waals surface area contributed by atoms with Gasteiger partial charge in [0.05, 0.1) is 23.2 Å². The number of thiazole rings is 1. The second-order valence-corrected chi connectivity index (χ2v) is 10.1. The fourth-order valence-electron chi connectivity index (χ4n) is 3.44. The first-order chi connectivity index (χ1) is 15.7. The minimum atomic E-state index is -0.277. The quantitative estimate of drug-likeness (QED) is 0.284. The number of thioether (sulfide) groups is 1. The van der Waals surface area contributed by atoms with Crippen LogP contribution in [0.4, 0.5) is 4.39 Å². The van der Waals surface area contributed by atoms with E-state index in [4.69, 9.17) is 9.47 Å². The number of aromatic nitrogens is 4. The summed E-state index contributed by atoms with van der Waals surface area (Å²) in [6.45, 7) is 1.94. The highest BCUT2D eigenvalue weighted by molar-refractivity contribution is 7.98. The van der Waals surface area contributed by atoms with Gasteiger partial charge in [0.25, 0.3) is 0 Å². The van der Waals surface area contributed by atoms with Crippen LogP contribution in [0.25, 0.3) is 10.7 Å². The fourth-order valence-corrected chi connectivity index (χ4v) is 5.80. The molecule has 0 amide bonds. The van der Waals surface area contributed by atoms with E-state index in [1.54, 1.807) is 46.6 Å². The summed E-state index contributed by atoms with van der Waals surface area (Å²) in [5.41, 5.74) is 0.974. The van der Waals surface area contributed by atoms with E-state index in [0.29, 0.717) is 18.1 Å². The molecule has 0 N–H and O–H groups in total. The van der Waals surface area contributed by atoms with Crippen molar-refractivity contribution in [1.82, 2.24) is 19.7 Å². The lowest BCUT2D eigenvalue weighted by atomic mass is 10.2. The van der Waals surface area contributed by atoms with E-state index in [1.165, 1.54) is 12.1 Å². The molecule has 1 fully saturated rings. The Kier molecular flexibility index (Phi) is 6.82. The van der Waals surface area contributed by atoms with Crippen LogP contribution < -0.4 is 4.74 Å². The first-order valence-corrected chi connectivity index (χ1v) is 13.0. The highest BCUT2D eigenvalue weighted by Gasteiger charge is 2.22. The minimum absolute atomic E-state index is 0.207. The predicted octanol–water partition coefficient (Wildman–Crippen LogP) is 5.65. The minimum Gasteiger partial charge on any atom is -0.486 e. The van der Waals surface area contributed by atoms with Gasteiger partial charge >= 0.3 is 0 Å². The number of hydrogen-bond donors (Lipinski definition) is 0. The summed E-state index contributed by atoms with van der Waals surface area (Å²) in [5.74, 6) is 1.94. The van der Waals surface area contributed by atoms with Crippen molar-refractivity contribution in [3.8, 4) is 16.5 Å². The van der Waals surface area contributed by atoms with Crippen LogP contribution in [-0.4, -0.2) is 32.5 Å². The summed E-state index contributed by atoms with van der Waals surface area (Å²) >= 11 is 4.85. The summed E-state index contributed by atoms with van der Waals surface area (Å²) in [7, 11) is 0. The SMILES string of the molecule is Fc1ccc(OCc2nc(CSc3nnc(-c4cccs4)n3CC3CCCO3)cs2)cc1. The van der Waals surface area contributed by atoms with Gasteiger partial charge in [0.15, 0.2) is 11.0 Å². The van der Waals surface area contributed by atoms with Gasteiger partial charge in [0.1, 0.15) is 23.2 Å². The molecule has 4 heterocycles. The Bertz CT molecular complexity index is 1140. The Morgan fingerprint density at radius 1 is 1.19 bits per heavy atom. The lowest BCUT2D eigenvalue weighted by Crippen LogP contribution is -2.16. The van der Waals surface area contributed by atoms with Gasteiger partial charge in [-0.1, -0.05) is 17.8 Å². The van der Waals surface area contributed by atoms with Gasteiger partial charge < -0.3 is 9.47 Å². The van der Waals surface area contributed by atoms with Crippen LogP contribution in [-0.2, 0) is 23.6 Å². The maximum Gasteiger partial charge on any atom is 0.191 e. The molecule has 166 valence electrons. The van der Waals surface area contributed by atoms with Crippen LogP contribution in [0.5, 0.6) is 5.75 Å². The van der Waals surface area contributed by atoms with Gasteiger partial charge in [-0.15, -0.1) is 32.9 Å². The molecule has 10 heteroatoms. The summed E-state index contributed by atoms with van der Waals surface area (Å²) in [6.07, 6.45) is 2.37. The molecule has 3 aromatic heterocycles. The van der Waals surface area contributed by atoms with Crippen molar-refractivity contribution in [1.29, 1.82) is 0 Å². The zero-order valence-electron chi connectivity index (χ0n) is 17.1. The molecule has 1 aromatic carbocycles. The van der Waals surface area contributed by atoms with Crippen molar-refractivity contribution < 1.29 is 13.9 Å². The van der Waals surface area contributed by atoms with Gasteiger partial charge in [0, 0.05) is 17.7 Å². The summed E-state index contributed by atoms with van der Waals surface area (Å²) < 4.78 is 26.8. The molecule has 1 aliphatic heterocycles. The summed E-state index contributed by atoms with van der Waals surface area (Å²) in [6, 6.07) is 10.1. The third-order valence-corrected chi connectivity index (χ3v) is 7.73. The van der Waals surface area contributed by atoms with E-state index in [-0.39, 0.29) is 11.9 Å². The maximum atomic E-state index is 13.0. The Balaban J connectivity index is 1.24. The molecule has 0 radical (unpaired) electrons. The number of thiophene rings is 1. The number of nitrogens with zero attached hydrogens (tertiary/aromatic N) is 4.